The van der Waals surface area contributed by atoms with Gasteiger partial charge in [0.05, 0.1) is 6.54 Å². The molecule has 1 saturated heterocycles. The molecule has 2 rings (SSSR count). The van der Waals surface area contributed by atoms with E-state index in [1.807, 2.05) is 12.1 Å². The summed E-state index contributed by atoms with van der Waals surface area (Å²) in [6.45, 7) is 1.17. The van der Waals surface area contributed by atoms with Crippen molar-refractivity contribution in [3.8, 4) is 0 Å². The molecule has 0 N–H and O–H groups in total. The summed E-state index contributed by atoms with van der Waals surface area (Å²) in [6.07, 6.45) is 1.53. The number of carbonyl (C=O) groups excluding carboxylic acids is 1. The third kappa shape index (κ3) is 2.65. The van der Waals surface area contributed by atoms with Crippen LogP contribution in [0.1, 0.15) is 18.6 Å². The summed E-state index contributed by atoms with van der Waals surface area (Å²) in [6, 6.07) is 3.67. The standard InChI is InChI=1S/C11H14BrNO3/c1-13(7-8-4-5-10(12)16-8)11(14)9-3-2-6-15-9/h4-5,9H,2-3,6-7H2,1H3. The zero-order valence-corrected chi connectivity index (χ0v) is 10.7. The van der Waals surface area contributed by atoms with Crippen molar-refractivity contribution in [2.75, 3.05) is 13.7 Å². The zero-order chi connectivity index (χ0) is 11.5. The van der Waals surface area contributed by atoms with E-state index in [0.29, 0.717) is 17.8 Å². The number of rotatable bonds is 3. The molecule has 0 spiro atoms. The van der Waals surface area contributed by atoms with Crippen LogP contribution >= 0.6 is 15.9 Å². The highest BCUT2D eigenvalue weighted by Crippen LogP contribution is 2.18. The Morgan fingerprint density at radius 2 is 2.44 bits per heavy atom. The molecule has 1 unspecified atom stereocenters. The van der Waals surface area contributed by atoms with Crippen LogP contribution < -0.4 is 0 Å². The Kier molecular flexibility index (Phi) is 3.66. The lowest BCUT2D eigenvalue weighted by Gasteiger charge is -2.19. The molecular formula is C11H14BrNO3. The minimum atomic E-state index is -0.261. The number of halogens is 1. The molecule has 1 aliphatic rings. The van der Waals surface area contributed by atoms with E-state index in [9.17, 15) is 4.79 Å². The lowest BCUT2D eigenvalue weighted by atomic mass is 10.2. The Balaban J connectivity index is 1.91. The number of furan rings is 1. The van der Waals surface area contributed by atoms with Crippen LogP contribution in [-0.4, -0.2) is 30.6 Å². The second-order valence-electron chi connectivity index (χ2n) is 3.90. The van der Waals surface area contributed by atoms with Crippen LogP contribution in [0.3, 0.4) is 0 Å². The van der Waals surface area contributed by atoms with Crippen LogP contribution in [0.25, 0.3) is 0 Å². The summed E-state index contributed by atoms with van der Waals surface area (Å²) in [5, 5.41) is 0. The van der Waals surface area contributed by atoms with Crippen molar-refractivity contribution >= 4 is 21.8 Å². The van der Waals surface area contributed by atoms with Gasteiger partial charge in [0.15, 0.2) is 4.67 Å². The second-order valence-corrected chi connectivity index (χ2v) is 4.68. The number of carbonyl (C=O) groups is 1. The average Bonchev–Trinajstić information content (AvgIpc) is 2.88. The van der Waals surface area contributed by atoms with Gasteiger partial charge in [0, 0.05) is 13.7 Å². The van der Waals surface area contributed by atoms with Gasteiger partial charge in [-0.1, -0.05) is 0 Å². The maximum Gasteiger partial charge on any atom is 0.251 e. The minimum Gasteiger partial charge on any atom is -0.452 e. The smallest absolute Gasteiger partial charge is 0.251 e. The average molecular weight is 288 g/mol. The van der Waals surface area contributed by atoms with E-state index in [0.717, 1.165) is 18.6 Å². The number of amides is 1. The molecule has 1 aromatic rings. The first-order valence-corrected chi connectivity index (χ1v) is 6.07. The Bertz CT molecular complexity index is 371. The predicted molar refractivity (Wildman–Crippen MR) is 61.9 cm³/mol. The van der Waals surface area contributed by atoms with Gasteiger partial charge in [-0.2, -0.15) is 0 Å². The lowest BCUT2D eigenvalue weighted by Crippen LogP contribution is -2.35. The van der Waals surface area contributed by atoms with Crippen LogP contribution in [0.4, 0.5) is 0 Å². The van der Waals surface area contributed by atoms with Crippen molar-refractivity contribution in [3.63, 3.8) is 0 Å². The molecule has 2 heterocycles. The quantitative estimate of drug-likeness (QED) is 0.856. The topological polar surface area (TPSA) is 42.7 Å². The summed E-state index contributed by atoms with van der Waals surface area (Å²) < 4.78 is 11.4. The van der Waals surface area contributed by atoms with E-state index in [1.54, 1.807) is 11.9 Å². The monoisotopic (exact) mass is 287 g/mol. The second kappa shape index (κ2) is 5.01. The number of ether oxygens (including phenoxy) is 1. The van der Waals surface area contributed by atoms with Gasteiger partial charge in [0.1, 0.15) is 11.9 Å². The molecule has 88 valence electrons. The molecule has 0 radical (unpaired) electrons. The van der Waals surface area contributed by atoms with Crippen LogP contribution in [0.2, 0.25) is 0 Å². The van der Waals surface area contributed by atoms with Gasteiger partial charge in [-0.25, -0.2) is 0 Å². The fourth-order valence-corrected chi connectivity index (χ4v) is 2.11. The molecule has 0 bridgehead atoms. The highest BCUT2D eigenvalue weighted by Gasteiger charge is 2.26. The molecule has 0 aromatic carbocycles. The molecule has 16 heavy (non-hydrogen) atoms. The van der Waals surface area contributed by atoms with Gasteiger partial charge < -0.3 is 14.1 Å². The Hall–Kier alpha value is -0.810. The number of nitrogens with zero attached hydrogens (tertiary/aromatic N) is 1. The van der Waals surface area contributed by atoms with E-state index in [1.165, 1.54) is 0 Å². The van der Waals surface area contributed by atoms with Gasteiger partial charge in [0.25, 0.3) is 5.91 Å². The first-order chi connectivity index (χ1) is 7.66. The Morgan fingerprint density at radius 1 is 1.62 bits per heavy atom. The van der Waals surface area contributed by atoms with Crippen LogP contribution in [-0.2, 0) is 16.1 Å². The summed E-state index contributed by atoms with van der Waals surface area (Å²) in [7, 11) is 1.76. The molecular weight excluding hydrogens is 274 g/mol. The third-order valence-corrected chi connectivity index (χ3v) is 3.03. The third-order valence-electron chi connectivity index (χ3n) is 2.60. The van der Waals surface area contributed by atoms with Gasteiger partial charge in [-0.05, 0) is 40.9 Å². The predicted octanol–water partition coefficient (Wildman–Crippen LogP) is 2.18. The highest BCUT2D eigenvalue weighted by atomic mass is 79.9. The van der Waals surface area contributed by atoms with Crippen molar-refractivity contribution < 1.29 is 13.9 Å². The van der Waals surface area contributed by atoms with E-state index in [4.69, 9.17) is 9.15 Å². The maximum absolute atomic E-state index is 11.9. The van der Waals surface area contributed by atoms with Gasteiger partial charge >= 0.3 is 0 Å². The van der Waals surface area contributed by atoms with E-state index in [-0.39, 0.29) is 12.0 Å². The molecule has 5 heteroatoms. The first kappa shape index (κ1) is 11.7. The molecule has 4 nitrogen and oxygen atoms in total. The van der Waals surface area contributed by atoms with E-state index >= 15 is 0 Å². The fraction of sp³-hybridized carbons (Fsp3) is 0.545. The SMILES string of the molecule is CN(Cc1ccc(Br)o1)C(=O)C1CCCO1. The van der Waals surface area contributed by atoms with Crippen molar-refractivity contribution in [2.24, 2.45) is 0 Å². The van der Waals surface area contributed by atoms with Crippen molar-refractivity contribution in [1.29, 1.82) is 0 Å². The fourth-order valence-electron chi connectivity index (χ4n) is 1.77. The largest absolute Gasteiger partial charge is 0.452 e. The van der Waals surface area contributed by atoms with E-state index in [2.05, 4.69) is 15.9 Å². The molecule has 0 aliphatic carbocycles. The van der Waals surface area contributed by atoms with Gasteiger partial charge in [-0.3, -0.25) is 4.79 Å². The number of likely N-dealkylation sites (N-methyl/N-ethyl adjacent to an activating group) is 1. The summed E-state index contributed by atoms with van der Waals surface area (Å²) in [4.78, 5) is 13.5. The van der Waals surface area contributed by atoms with Gasteiger partial charge in [0.2, 0.25) is 0 Å². The lowest BCUT2D eigenvalue weighted by molar-refractivity contribution is -0.140. The number of hydrogen-bond acceptors (Lipinski definition) is 3. The molecule has 1 amide bonds. The van der Waals surface area contributed by atoms with Crippen LogP contribution in [0.15, 0.2) is 21.2 Å². The normalized spacial score (nSPS) is 20.0. The minimum absolute atomic E-state index is 0.0324. The molecule has 1 atom stereocenters. The van der Waals surface area contributed by atoms with Crippen LogP contribution in [0.5, 0.6) is 0 Å². The zero-order valence-electron chi connectivity index (χ0n) is 9.11. The molecule has 1 aromatic heterocycles. The first-order valence-electron chi connectivity index (χ1n) is 5.27. The van der Waals surface area contributed by atoms with Crippen molar-refractivity contribution in [2.45, 2.75) is 25.5 Å². The Morgan fingerprint density at radius 3 is 3.00 bits per heavy atom. The number of hydrogen-bond donors (Lipinski definition) is 0. The molecule has 1 fully saturated rings. The highest BCUT2D eigenvalue weighted by molar-refractivity contribution is 9.10. The van der Waals surface area contributed by atoms with Gasteiger partial charge in [-0.15, -0.1) is 0 Å². The summed E-state index contributed by atoms with van der Waals surface area (Å²) in [5.41, 5.74) is 0. The molecule has 1 aliphatic heterocycles. The summed E-state index contributed by atoms with van der Waals surface area (Å²) >= 11 is 3.23. The Labute approximate surface area is 103 Å². The molecule has 0 saturated carbocycles. The van der Waals surface area contributed by atoms with Crippen LogP contribution in [0, 0.1) is 0 Å². The van der Waals surface area contributed by atoms with Crippen molar-refractivity contribution in [1.82, 2.24) is 4.90 Å². The van der Waals surface area contributed by atoms with E-state index < -0.39 is 0 Å². The summed E-state index contributed by atoms with van der Waals surface area (Å²) in [5.74, 6) is 0.797. The van der Waals surface area contributed by atoms with Crippen molar-refractivity contribution in [3.05, 3.63) is 22.6 Å². The maximum atomic E-state index is 11.9.